The van der Waals surface area contributed by atoms with Crippen molar-refractivity contribution in [2.24, 2.45) is 5.73 Å². The van der Waals surface area contributed by atoms with Gasteiger partial charge in [0.15, 0.2) is 0 Å². The SMILES string of the molecule is C1=CCCC=C1.COC(=O)CN.Cl. The maximum absolute atomic E-state index is 9.83. The summed E-state index contributed by atoms with van der Waals surface area (Å²) in [4.78, 5) is 9.83. The summed E-state index contributed by atoms with van der Waals surface area (Å²) >= 11 is 0. The largest absolute Gasteiger partial charge is 0.468 e. The van der Waals surface area contributed by atoms with E-state index in [0.717, 1.165) is 0 Å². The molecule has 4 heteroatoms. The molecule has 0 atom stereocenters. The van der Waals surface area contributed by atoms with Crippen molar-refractivity contribution in [3.63, 3.8) is 0 Å². The molecule has 0 radical (unpaired) electrons. The zero-order valence-corrected chi connectivity index (χ0v) is 8.55. The molecule has 1 rings (SSSR count). The minimum atomic E-state index is -0.380. The van der Waals surface area contributed by atoms with Gasteiger partial charge in [-0.1, -0.05) is 24.3 Å². The average molecular weight is 206 g/mol. The molecule has 0 unspecified atom stereocenters. The van der Waals surface area contributed by atoms with Gasteiger partial charge >= 0.3 is 5.97 Å². The molecule has 0 aromatic carbocycles. The summed E-state index contributed by atoms with van der Waals surface area (Å²) in [6.07, 6.45) is 11.0. The van der Waals surface area contributed by atoms with Gasteiger partial charge in [-0.3, -0.25) is 4.79 Å². The fraction of sp³-hybridized carbons (Fsp3) is 0.444. The van der Waals surface area contributed by atoms with Gasteiger partial charge < -0.3 is 10.5 Å². The second-order valence-corrected chi connectivity index (χ2v) is 2.21. The van der Waals surface area contributed by atoms with E-state index in [-0.39, 0.29) is 24.9 Å². The number of halogens is 1. The molecule has 13 heavy (non-hydrogen) atoms. The Hall–Kier alpha value is -0.800. The molecule has 0 saturated heterocycles. The molecular weight excluding hydrogens is 190 g/mol. The maximum atomic E-state index is 9.83. The predicted molar refractivity (Wildman–Crippen MR) is 55.8 cm³/mol. The van der Waals surface area contributed by atoms with Gasteiger partial charge in [-0.25, -0.2) is 0 Å². The third-order valence-corrected chi connectivity index (χ3v) is 1.28. The zero-order chi connectivity index (χ0) is 9.23. The van der Waals surface area contributed by atoms with E-state index >= 15 is 0 Å². The summed E-state index contributed by atoms with van der Waals surface area (Å²) in [5.74, 6) is -0.380. The molecule has 0 saturated carbocycles. The molecular formula is C9H16ClNO2. The highest BCUT2D eigenvalue weighted by Gasteiger charge is 1.87. The summed E-state index contributed by atoms with van der Waals surface area (Å²) in [6, 6.07) is 0. The van der Waals surface area contributed by atoms with E-state index in [1.807, 2.05) is 0 Å². The lowest BCUT2D eigenvalue weighted by atomic mass is 10.2. The van der Waals surface area contributed by atoms with Gasteiger partial charge in [0.05, 0.1) is 13.7 Å². The highest BCUT2D eigenvalue weighted by Crippen LogP contribution is 1.98. The third kappa shape index (κ3) is 11.2. The lowest BCUT2D eigenvalue weighted by Crippen LogP contribution is -2.14. The third-order valence-electron chi connectivity index (χ3n) is 1.28. The van der Waals surface area contributed by atoms with Crippen molar-refractivity contribution in [1.29, 1.82) is 0 Å². The topological polar surface area (TPSA) is 52.3 Å². The van der Waals surface area contributed by atoms with Gasteiger partial charge in [0.25, 0.3) is 0 Å². The zero-order valence-electron chi connectivity index (χ0n) is 7.73. The molecule has 0 aromatic rings. The van der Waals surface area contributed by atoms with Crippen LogP contribution in [0.5, 0.6) is 0 Å². The van der Waals surface area contributed by atoms with E-state index < -0.39 is 0 Å². The number of esters is 1. The molecule has 0 fully saturated rings. The monoisotopic (exact) mass is 205 g/mol. The molecule has 1 aliphatic carbocycles. The van der Waals surface area contributed by atoms with Crippen LogP contribution in [0, 0.1) is 0 Å². The standard InChI is InChI=1S/C6H8.C3H7NO2.ClH/c1-2-4-6-5-3-1;1-6-3(5)2-4;/h1-4H,5-6H2;2,4H2,1H3;1H. The van der Waals surface area contributed by atoms with Crippen molar-refractivity contribution in [3.05, 3.63) is 24.3 Å². The first kappa shape index (κ1) is 14.7. The van der Waals surface area contributed by atoms with E-state index in [1.165, 1.54) is 20.0 Å². The summed E-state index contributed by atoms with van der Waals surface area (Å²) < 4.78 is 4.14. The minimum absolute atomic E-state index is 0. The van der Waals surface area contributed by atoms with Gasteiger partial charge in [0.2, 0.25) is 0 Å². The van der Waals surface area contributed by atoms with Crippen molar-refractivity contribution in [3.8, 4) is 0 Å². The second kappa shape index (κ2) is 11.2. The first-order valence-electron chi connectivity index (χ1n) is 3.89. The summed E-state index contributed by atoms with van der Waals surface area (Å²) in [5, 5.41) is 0. The molecule has 76 valence electrons. The maximum Gasteiger partial charge on any atom is 0.319 e. The van der Waals surface area contributed by atoms with Crippen LogP contribution in [-0.2, 0) is 9.53 Å². The highest BCUT2D eigenvalue weighted by atomic mass is 35.5. The Morgan fingerprint density at radius 1 is 1.38 bits per heavy atom. The lowest BCUT2D eigenvalue weighted by Gasteiger charge is -1.88. The van der Waals surface area contributed by atoms with E-state index in [9.17, 15) is 4.79 Å². The van der Waals surface area contributed by atoms with E-state index in [4.69, 9.17) is 5.73 Å². The minimum Gasteiger partial charge on any atom is -0.468 e. The molecule has 1 aliphatic rings. The van der Waals surface area contributed by atoms with Crippen molar-refractivity contribution >= 4 is 18.4 Å². The van der Waals surface area contributed by atoms with Crippen LogP contribution in [0.3, 0.4) is 0 Å². The van der Waals surface area contributed by atoms with Crippen LogP contribution in [-0.4, -0.2) is 19.6 Å². The molecule has 2 N–H and O–H groups in total. The molecule has 3 nitrogen and oxygen atoms in total. The summed E-state index contributed by atoms with van der Waals surface area (Å²) in [6.45, 7) is -0.0312. The first-order chi connectivity index (χ1) is 5.81. The van der Waals surface area contributed by atoms with Crippen molar-refractivity contribution in [2.45, 2.75) is 12.8 Å². The van der Waals surface area contributed by atoms with Crippen LogP contribution in [0.25, 0.3) is 0 Å². The number of methoxy groups -OCH3 is 1. The predicted octanol–water partition coefficient (Wildman–Crippen LogP) is 1.43. The molecule has 0 heterocycles. The first-order valence-corrected chi connectivity index (χ1v) is 3.89. The Kier molecular flexibility index (Phi) is 12.7. The van der Waals surface area contributed by atoms with Gasteiger partial charge in [0, 0.05) is 0 Å². The number of hydrogen-bond donors (Lipinski definition) is 1. The number of ether oxygens (including phenoxy) is 1. The van der Waals surface area contributed by atoms with Crippen LogP contribution in [0.1, 0.15) is 12.8 Å². The molecule has 0 spiro atoms. The average Bonchev–Trinajstić information content (AvgIpc) is 2.20. The van der Waals surface area contributed by atoms with Gasteiger partial charge in [-0.2, -0.15) is 0 Å². The number of allylic oxidation sites excluding steroid dienone is 4. The molecule has 0 bridgehead atoms. The molecule has 0 aromatic heterocycles. The van der Waals surface area contributed by atoms with E-state index in [2.05, 4.69) is 29.0 Å². The Bertz CT molecular complexity index is 160. The molecule has 0 amide bonds. The summed E-state index contributed by atoms with van der Waals surface area (Å²) in [7, 11) is 1.30. The number of carbonyl (C=O) groups excluding carboxylic acids is 1. The van der Waals surface area contributed by atoms with E-state index in [0.29, 0.717) is 0 Å². The van der Waals surface area contributed by atoms with Crippen molar-refractivity contribution in [2.75, 3.05) is 13.7 Å². The van der Waals surface area contributed by atoms with Gasteiger partial charge in [-0.15, -0.1) is 12.4 Å². The number of hydrogen-bond acceptors (Lipinski definition) is 3. The fourth-order valence-electron chi connectivity index (χ4n) is 0.625. The number of rotatable bonds is 1. The quantitative estimate of drug-likeness (QED) is 0.659. The van der Waals surface area contributed by atoms with E-state index in [1.54, 1.807) is 0 Å². The van der Waals surface area contributed by atoms with Crippen LogP contribution >= 0.6 is 12.4 Å². The Morgan fingerprint density at radius 3 is 1.92 bits per heavy atom. The van der Waals surface area contributed by atoms with Crippen LogP contribution in [0.2, 0.25) is 0 Å². The van der Waals surface area contributed by atoms with Crippen molar-refractivity contribution < 1.29 is 9.53 Å². The van der Waals surface area contributed by atoms with Crippen molar-refractivity contribution in [1.82, 2.24) is 0 Å². The van der Waals surface area contributed by atoms with Crippen LogP contribution in [0.4, 0.5) is 0 Å². The number of carbonyl (C=O) groups is 1. The highest BCUT2D eigenvalue weighted by molar-refractivity contribution is 5.85. The number of nitrogens with two attached hydrogens (primary N) is 1. The Morgan fingerprint density at radius 2 is 1.85 bits per heavy atom. The fourth-order valence-corrected chi connectivity index (χ4v) is 0.625. The Labute approximate surface area is 85.0 Å². The summed E-state index contributed by atoms with van der Waals surface area (Å²) in [5.41, 5.74) is 4.81. The van der Waals surface area contributed by atoms with Gasteiger partial charge in [0.1, 0.15) is 0 Å². The normalized spacial score (nSPS) is 12.2. The Balaban J connectivity index is 0. The second-order valence-electron chi connectivity index (χ2n) is 2.21. The lowest BCUT2D eigenvalue weighted by molar-refractivity contribution is -0.138. The smallest absolute Gasteiger partial charge is 0.319 e. The molecule has 0 aliphatic heterocycles. The van der Waals surface area contributed by atoms with Crippen LogP contribution in [0.15, 0.2) is 24.3 Å². The van der Waals surface area contributed by atoms with Gasteiger partial charge in [-0.05, 0) is 12.8 Å². The van der Waals surface area contributed by atoms with Crippen LogP contribution < -0.4 is 5.73 Å².